The third-order valence-electron chi connectivity index (χ3n) is 2.63. The maximum absolute atomic E-state index is 10.9. The van der Waals surface area contributed by atoms with E-state index in [4.69, 9.17) is 11.5 Å². The number of hydrogen-bond acceptors (Lipinski definition) is 3. The molecule has 1 amide bonds. The number of primary amides is 1. The van der Waals surface area contributed by atoms with Crippen molar-refractivity contribution in [2.24, 2.45) is 5.73 Å². The van der Waals surface area contributed by atoms with Crippen molar-refractivity contribution in [3.8, 4) is 0 Å². The van der Waals surface area contributed by atoms with Gasteiger partial charge < -0.3 is 16.5 Å². The van der Waals surface area contributed by atoms with E-state index in [-0.39, 0.29) is 5.43 Å². The number of pyridine rings is 1. The molecule has 3 rings (SSSR count). The smallest absolute Gasteiger partial charge is 0.323 e. The molecule has 0 radical (unpaired) electrons. The first kappa shape index (κ1) is 13.4. The Kier molecular flexibility index (Phi) is 3.85. The highest BCUT2D eigenvalue weighted by molar-refractivity contribution is 5.90. The van der Waals surface area contributed by atoms with Crippen molar-refractivity contribution in [2.45, 2.75) is 0 Å². The predicted octanol–water partition coefficient (Wildman–Crippen LogP) is 1.53. The van der Waals surface area contributed by atoms with Gasteiger partial charge in [-0.3, -0.25) is 9.36 Å². The van der Waals surface area contributed by atoms with E-state index in [1.165, 1.54) is 22.9 Å². The van der Waals surface area contributed by atoms with Gasteiger partial charge in [0, 0.05) is 29.9 Å². The number of nitrogen functional groups attached to an aromatic ring is 1. The Bertz CT molecular complexity index is 789. The number of anilines is 1. The van der Waals surface area contributed by atoms with Gasteiger partial charge in [0.15, 0.2) is 5.43 Å². The summed E-state index contributed by atoms with van der Waals surface area (Å²) < 4.78 is 1.43. The van der Waals surface area contributed by atoms with Gasteiger partial charge in [-0.05, 0) is 12.1 Å². The first-order valence-corrected chi connectivity index (χ1v) is 5.88. The van der Waals surface area contributed by atoms with Crippen molar-refractivity contribution in [3.05, 3.63) is 65.1 Å². The standard InChI is InChI=1S/C9H8N2O.C5H6N2O/c10-9(12)11-6-5-7-3-1-2-4-8(7)11;6-5-3-4(8)1-2-7-5/h1-6H,(H2,10,12);1-3H,(H3,6,7,8). The summed E-state index contributed by atoms with van der Waals surface area (Å²) in [4.78, 5) is 23.9. The maximum atomic E-state index is 10.9. The second-order valence-electron chi connectivity index (χ2n) is 4.06. The van der Waals surface area contributed by atoms with Crippen LogP contribution in [0.4, 0.5) is 10.6 Å². The maximum Gasteiger partial charge on any atom is 0.323 e. The molecule has 0 atom stereocenters. The lowest BCUT2D eigenvalue weighted by Gasteiger charge is -1.96. The molecule has 1 aromatic carbocycles. The summed E-state index contributed by atoms with van der Waals surface area (Å²) >= 11 is 0. The summed E-state index contributed by atoms with van der Waals surface area (Å²) in [7, 11) is 0. The molecule has 2 heterocycles. The number of hydrogen-bond donors (Lipinski definition) is 3. The molecule has 2 aromatic heterocycles. The Balaban J connectivity index is 0.000000160. The third-order valence-corrected chi connectivity index (χ3v) is 2.63. The second-order valence-corrected chi connectivity index (χ2v) is 4.06. The van der Waals surface area contributed by atoms with Gasteiger partial charge in [0.05, 0.1) is 5.52 Å². The SMILES string of the molecule is NC(=O)n1ccc2ccccc21.Nc1cc(=O)cc[nH]1. The zero-order chi connectivity index (χ0) is 14.5. The lowest BCUT2D eigenvalue weighted by Crippen LogP contribution is -2.17. The number of H-pyrrole nitrogens is 1. The van der Waals surface area contributed by atoms with Crippen LogP contribution in [0.15, 0.2) is 59.7 Å². The zero-order valence-electron chi connectivity index (χ0n) is 10.6. The molecule has 6 nitrogen and oxygen atoms in total. The number of nitrogens with zero attached hydrogens (tertiary/aromatic N) is 1. The van der Waals surface area contributed by atoms with E-state index >= 15 is 0 Å². The minimum Gasteiger partial charge on any atom is -0.385 e. The minimum absolute atomic E-state index is 0.0683. The largest absolute Gasteiger partial charge is 0.385 e. The molecule has 0 fully saturated rings. The van der Waals surface area contributed by atoms with Crippen LogP contribution in [0.3, 0.4) is 0 Å². The van der Waals surface area contributed by atoms with Crippen LogP contribution >= 0.6 is 0 Å². The highest BCUT2D eigenvalue weighted by atomic mass is 16.2. The lowest BCUT2D eigenvalue weighted by atomic mass is 10.2. The number of carbonyl (C=O) groups is 1. The first-order chi connectivity index (χ1) is 9.58. The van der Waals surface area contributed by atoms with Crippen LogP contribution in [0.25, 0.3) is 10.9 Å². The van der Waals surface area contributed by atoms with Crippen LogP contribution in [0.1, 0.15) is 0 Å². The van der Waals surface area contributed by atoms with Gasteiger partial charge in [-0.1, -0.05) is 18.2 Å². The third kappa shape index (κ3) is 3.05. The molecule has 0 aliphatic carbocycles. The molecule has 0 aliphatic heterocycles. The van der Waals surface area contributed by atoms with Crippen LogP contribution in [-0.2, 0) is 0 Å². The van der Waals surface area contributed by atoms with Crippen LogP contribution in [0.5, 0.6) is 0 Å². The second kappa shape index (κ2) is 5.75. The van der Waals surface area contributed by atoms with Crippen LogP contribution < -0.4 is 16.9 Å². The quantitative estimate of drug-likeness (QED) is 0.576. The molecule has 0 bridgehead atoms. The topological polar surface area (TPSA) is 107 Å². The van der Waals surface area contributed by atoms with Crippen molar-refractivity contribution in [1.29, 1.82) is 0 Å². The van der Waals surface area contributed by atoms with E-state index in [2.05, 4.69) is 4.98 Å². The normalized spacial score (nSPS) is 9.80. The summed E-state index contributed by atoms with van der Waals surface area (Å²) in [5.41, 5.74) is 11.1. The molecule has 5 N–H and O–H groups in total. The fourth-order valence-corrected chi connectivity index (χ4v) is 1.74. The summed E-state index contributed by atoms with van der Waals surface area (Å²) in [5.74, 6) is 0.400. The van der Waals surface area contributed by atoms with E-state index in [1.54, 1.807) is 6.20 Å². The molecular formula is C14H14N4O2. The van der Waals surface area contributed by atoms with Crippen molar-refractivity contribution in [2.75, 3.05) is 5.73 Å². The Labute approximate surface area is 114 Å². The summed E-state index contributed by atoms with van der Waals surface area (Å²) in [6.45, 7) is 0. The number of nitrogens with one attached hydrogen (secondary N) is 1. The predicted molar refractivity (Wildman–Crippen MR) is 78.4 cm³/mol. The molecular weight excluding hydrogens is 256 g/mol. The van der Waals surface area contributed by atoms with E-state index in [0.29, 0.717) is 5.82 Å². The molecule has 3 aromatic rings. The van der Waals surface area contributed by atoms with Crippen molar-refractivity contribution in [3.63, 3.8) is 0 Å². The zero-order valence-corrected chi connectivity index (χ0v) is 10.6. The van der Waals surface area contributed by atoms with Crippen LogP contribution in [0, 0.1) is 0 Å². The number of aromatic nitrogens is 2. The Hall–Kier alpha value is -3.02. The molecule has 0 unspecified atom stereocenters. The van der Waals surface area contributed by atoms with E-state index in [1.807, 2.05) is 30.3 Å². The van der Waals surface area contributed by atoms with Gasteiger partial charge in [0.1, 0.15) is 5.82 Å². The molecule has 0 aliphatic rings. The summed E-state index contributed by atoms with van der Waals surface area (Å²) in [5, 5.41) is 1.02. The number of carbonyl (C=O) groups excluding carboxylic acids is 1. The summed E-state index contributed by atoms with van der Waals surface area (Å²) in [6.07, 6.45) is 3.19. The average molecular weight is 270 g/mol. The molecule has 0 saturated carbocycles. The van der Waals surface area contributed by atoms with Crippen molar-refractivity contribution >= 4 is 22.8 Å². The van der Waals surface area contributed by atoms with Crippen molar-refractivity contribution < 1.29 is 4.79 Å². The Morgan fingerprint density at radius 2 is 1.90 bits per heavy atom. The molecule has 20 heavy (non-hydrogen) atoms. The number of benzene rings is 1. The van der Waals surface area contributed by atoms with Crippen molar-refractivity contribution in [1.82, 2.24) is 9.55 Å². The Morgan fingerprint density at radius 1 is 1.15 bits per heavy atom. The first-order valence-electron chi connectivity index (χ1n) is 5.88. The minimum atomic E-state index is -0.448. The van der Waals surface area contributed by atoms with Gasteiger partial charge in [0.2, 0.25) is 0 Å². The molecule has 6 heteroatoms. The molecule has 0 spiro atoms. The van der Waals surface area contributed by atoms with Crippen LogP contribution in [-0.4, -0.2) is 15.6 Å². The highest BCUT2D eigenvalue weighted by Gasteiger charge is 2.02. The average Bonchev–Trinajstić information content (AvgIpc) is 2.83. The number of aromatic amines is 1. The van der Waals surface area contributed by atoms with Gasteiger partial charge in [-0.25, -0.2) is 4.79 Å². The van der Waals surface area contributed by atoms with Crippen LogP contribution in [0.2, 0.25) is 0 Å². The van der Waals surface area contributed by atoms with E-state index in [9.17, 15) is 9.59 Å². The number of amides is 1. The number of fused-ring (bicyclic) bond motifs is 1. The van der Waals surface area contributed by atoms with E-state index in [0.717, 1.165) is 10.9 Å². The number of nitrogens with two attached hydrogens (primary N) is 2. The van der Waals surface area contributed by atoms with Gasteiger partial charge in [0.25, 0.3) is 0 Å². The lowest BCUT2D eigenvalue weighted by molar-refractivity contribution is 0.251. The van der Waals surface area contributed by atoms with E-state index < -0.39 is 6.03 Å². The van der Waals surface area contributed by atoms with Gasteiger partial charge in [-0.15, -0.1) is 0 Å². The molecule has 102 valence electrons. The monoisotopic (exact) mass is 270 g/mol. The fraction of sp³-hybridized carbons (Fsp3) is 0. The van der Waals surface area contributed by atoms with Gasteiger partial charge in [-0.2, -0.15) is 0 Å². The van der Waals surface area contributed by atoms with Gasteiger partial charge >= 0.3 is 6.03 Å². The molecule has 0 saturated heterocycles. The fourth-order valence-electron chi connectivity index (χ4n) is 1.74. The highest BCUT2D eigenvalue weighted by Crippen LogP contribution is 2.13. The Morgan fingerprint density at radius 3 is 2.50 bits per heavy atom. The number of rotatable bonds is 0. The summed E-state index contributed by atoms with van der Waals surface area (Å²) in [6, 6.07) is 11.8. The number of para-hydroxylation sites is 1.